The highest BCUT2D eigenvalue weighted by atomic mass is 16.5. The van der Waals surface area contributed by atoms with E-state index >= 15 is 0 Å². The number of ether oxygens (including phenoxy) is 1. The molecule has 3 rings (SSSR count). The summed E-state index contributed by atoms with van der Waals surface area (Å²) >= 11 is 0. The predicted octanol–water partition coefficient (Wildman–Crippen LogP) is -0.125. The third kappa shape index (κ3) is 0.789. The number of hydrogen-bond donors (Lipinski definition) is 2. The van der Waals surface area contributed by atoms with Crippen molar-refractivity contribution in [3.05, 3.63) is 0 Å². The Morgan fingerprint density at radius 2 is 2.27 bits per heavy atom. The van der Waals surface area contributed by atoms with Gasteiger partial charge in [0, 0.05) is 12.0 Å². The molecule has 3 nitrogen and oxygen atoms in total. The van der Waals surface area contributed by atoms with Crippen LogP contribution in [0.2, 0.25) is 0 Å². The Labute approximate surface area is 66.5 Å². The minimum absolute atomic E-state index is 0.00231. The number of fused-ring (bicyclic) bond motifs is 1. The summed E-state index contributed by atoms with van der Waals surface area (Å²) in [6.07, 6.45) is 2.06. The van der Waals surface area contributed by atoms with E-state index in [9.17, 15) is 0 Å². The summed E-state index contributed by atoms with van der Waals surface area (Å²) in [5.74, 6) is 0. The van der Waals surface area contributed by atoms with Gasteiger partial charge >= 0.3 is 0 Å². The Balaban J connectivity index is 2.15. The minimum atomic E-state index is -0.00231. The van der Waals surface area contributed by atoms with E-state index in [2.05, 4.69) is 6.92 Å². The number of aliphatic hydroxyl groups is 1. The van der Waals surface area contributed by atoms with Crippen molar-refractivity contribution in [1.29, 1.82) is 0 Å². The molecular formula is C8H15NO2. The normalized spacial score (nSPS) is 54.3. The van der Waals surface area contributed by atoms with E-state index in [-0.39, 0.29) is 23.7 Å². The summed E-state index contributed by atoms with van der Waals surface area (Å²) in [4.78, 5) is 0. The molecule has 3 aliphatic rings. The first-order chi connectivity index (χ1) is 5.14. The molecule has 0 aromatic heterocycles. The monoisotopic (exact) mass is 157 g/mol. The van der Waals surface area contributed by atoms with Crippen LogP contribution < -0.4 is 5.73 Å². The van der Waals surface area contributed by atoms with Crippen molar-refractivity contribution in [2.75, 3.05) is 13.2 Å². The Morgan fingerprint density at radius 3 is 2.64 bits per heavy atom. The van der Waals surface area contributed by atoms with E-state index in [0.717, 1.165) is 12.8 Å². The van der Waals surface area contributed by atoms with Gasteiger partial charge in [0.1, 0.15) is 0 Å². The highest BCUT2D eigenvalue weighted by molar-refractivity contribution is 5.13. The van der Waals surface area contributed by atoms with E-state index in [1.807, 2.05) is 0 Å². The third-order valence-corrected chi connectivity index (χ3v) is 3.13. The van der Waals surface area contributed by atoms with Gasteiger partial charge in [0.25, 0.3) is 0 Å². The molecule has 0 radical (unpaired) electrons. The first-order valence-electron chi connectivity index (χ1n) is 4.13. The standard InChI is InChI=1S/C8H15NO2/c1-7-3-8(4-7,5-9)6(2-10)11-7/h6,10H,2-5,9H2,1H3. The molecule has 3 N–H and O–H groups in total. The third-order valence-electron chi connectivity index (χ3n) is 3.13. The summed E-state index contributed by atoms with van der Waals surface area (Å²) in [5, 5.41) is 8.99. The molecule has 2 heterocycles. The number of aliphatic hydroxyl groups excluding tert-OH is 1. The summed E-state index contributed by atoms with van der Waals surface area (Å²) in [5.41, 5.74) is 5.79. The van der Waals surface area contributed by atoms with Gasteiger partial charge in [-0.2, -0.15) is 0 Å². The largest absolute Gasteiger partial charge is 0.394 e. The van der Waals surface area contributed by atoms with Crippen LogP contribution in [0.4, 0.5) is 0 Å². The maximum Gasteiger partial charge on any atom is 0.0883 e. The lowest BCUT2D eigenvalue weighted by Crippen LogP contribution is -2.48. The number of nitrogens with two attached hydrogens (primary N) is 1. The summed E-state index contributed by atoms with van der Waals surface area (Å²) < 4.78 is 5.64. The number of hydrogen-bond acceptors (Lipinski definition) is 3. The minimum Gasteiger partial charge on any atom is -0.394 e. The second kappa shape index (κ2) is 1.97. The lowest BCUT2D eigenvalue weighted by Gasteiger charge is -2.42. The van der Waals surface area contributed by atoms with Crippen LogP contribution in [0.5, 0.6) is 0 Å². The van der Waals surface area contributed by atoms with Crippen LogP contribution in [-0.2, 0) is 4.74 Å². The molecule has 3 heteroatoms. The summed E-state index contributed by atoms with van der Waals surface area (Å²) in [6.45, 7) is 2.86. The van der Waals surface area contributed by atoms with Crippen LogP contribution in [0.1, 0.15) is 19.8 Å². The van der Waals surface area contributed by atoms with E-state index in [1.165, 1.54) is 0 Å². The van der Waals surface area contributed by atoms with Gasteiger partial charge < -0.3 is 15.6 Å². The molecule has 2 aliphatic heterocycles. The molecule has 0 spiro atoms. The maximum atomic E-state index is 8.99. The van der Waals surface area contributed by atoms with Crippen LogP contribution in [-0.4, -0.2) is 30.0 Å². The fourth-order valence-electron chi connectivity index (χ4n) is 2.72. The quantitative estimate of drug-likeness (QED) is 0.587. The van der Waals surface area contributed by atoms with Gasteiger partial charge in [-0.15, -0.1) is 0 Å². The Hall–Kier alpha value is -0.120. The molecular weight excluding hydrogens is 142 g/mol. The van der Waals surface area contributed by atoms with Gasteiger partial charge in [-0.3, -0.25) is 0 Å². The van der Waals surface area contributed by atoms with Crippen LogP contribution in [0.15, 0.2) is 0 Å². The van der Waals surface area contributed by atoms with Crippen molar-refractivity contribution in [3.63, 3.8) is 0 Å². The molecule has 1 aliphatic carbocycles. The van der Waals surface area contributed by atoms with Gasteiger partial charge in [-0.05, 0) is 19.8 Å². The summed E-state index contributed by atoms with van der Waals surface area (Å²) in [6, 6.07) is 0. The SMILES string of the molecule is CC12CC(CN)(C1)C(CO)O2. The van der Waals surface area contributed by atoms with Crippen LogP contribution in [0, 0.1) is 5.41 Å². The second-order valence-corrected chi connectivity index (χ2v) is 4.16. The van der Waals surface area contributed by atoms with E-state index in [0.29, 0.717) is 6.54 Å². The van der Waals surface area contributed by atoms with Crippen molar-refractivity contribution >= 4 is 0 Å². The molecule has 0 aromatic carbocycles. The predicted molar refractivity (Wildman–Crippen MR) is 41.1 cm³/mol. The second-order valence-electron chi connectivity index (χ2n) is 4.16. The molecule has 2 saturated heterocycles. The maximum absolute atomic E-state index is 8.99. The van der Waals surface area contributed by atoms with E-state index < -0.39 is 0 Å². The highest BCUT2D eigenvalue weighted by Gasteiger charge is 2.64. The van der Waals surface area contributed by atoms with Crippen LogP contribution in [0.3, 0.4) is 0 Å². The fourth-order valence-corrected chi connectivity index (χ4v) is 2.72. The summed E-state index contributed by atoms with van der Waals surface area (Å²) in [7, 11) is 0. The molecule has 11 heavy (non-hydrogen) atoms. The van der Waals surface area contributed by atoms with Crippen molar-refractivity contribution in [2.45, 2.75) is 31.5 Å². The van der Waals surface area contributed by atoms with Crippen molar-refractivity contribution in [1.82, 2.24) is 0 Å². The van der Waals surface area contributed by atoms with Gasteiger partial charge in [0.15, 0.2) is 0 Å². The molecule has 1 saturated carbocycles. The molecule has 3 fully saturated rings. The Kier molecular flexibility index (Phi) is 1.35. The zero-order valence-electron chi connectivity index (χ0n) is 6.84. The Morgan fingerprint density at radius 1 is 1.64 bits per heavy atom. The van der Waals surface area contributed by atoms with Crippen LogP contribution in [0.25, 0.3) is 0 Å². The lowest BCUT2D eigenvalue weighted by atomic mass is 9.61. The topological polar surface area (TPSA) is 55.5 Å². The first kappa shape index (κ1) is 7.53. The molecule has 2 bridgehead atoms. The Bertz CT molecular complexity index is 169. The molecule has 1 atom stereocenters. The molecule has 0 aromatic rings. The highest BCUT2D eigenvalue weighted by Crippen LogP contribution is 2.60. The average Bonchev–Trinajstić information content (AvgIpc) is 2.36. The van der Waals surface area contributed by atoms with Crippen molar-refractivity contribution in [2.24, 2.45) is 11.1 Å². The molecule has 64 valence electrons. The van der Waals surface area contributed by atoms with Gasteiger partial charge in [-0.25, -0.2) is 0 Å². The van der Waals surface area contributed by atoms with Gasteiger partial charge in [-0.1, -0.05) is 0 Å². The van der Waals surface area contributed by atoms with E-state index in [1.54, 1.807) is 0 Å². The van der Waals surface area contributed by atoms with Gasteiger partial charge in [0.2, 0.25) is 0 Å². The molecule has 0 amide bonds. The van der Waals surface area contributed by atoms with E-state index in [4.69, 9.17) is 15.6 Å². The zero-order valence-corrected chi connectivity index (χ0v) is 6.84. The van der Waals surface area contributed by atoms with Gasteiger partial charge in [0.05, 0.1) is 18.3 Å². The average molecular weight is 157 g/mol. The molecule has 1 unspecified atom stereocenters. The number of rotatable bonds is 2. The van der Waals surface area contributed by atoms with Crippen molar-refractivity contribution < 1.29 is 9.84 Å². The zero-order chi connectivity index (χ0) is 8.11. The first-order valence-corrected chi connectivity index (χ1v) is 4.13. The fraction of sp³-hybridized carbons (Fsp3) is 1.00. The lowest BCUT2D eigenvalue weighted by molar-refractivity contribution is -0.0238. The smallest absolute Gasteiger partial charge is 0.0883 e. The van der Waals surface area contributed by atoms with Crippen LogP contribution >= 0.6 is 0 Å². The van der Waals surface area contributed by atoms with Crippen molar-refractivity contribution in [3.8, 4) is 0 Å².